The van der Waals surface area contributed by atoms with E-state index in [-0.39, 0.29) is 59.1 Å². The first-order chi connectivity index (χ1) is 11.3. The van der Waals surface area contributed by atoms with Gasteiger partial charge in [-0.1, -0.05) is 25.4 Å². The monoisotopic (exact) mass is 374 g/mol. The number of aryl methyl sites for hydroxylation is 1. The standard InChI is InChI=1S/C17H18ClFN2O3.Na/c1-4-17(5-2,16(22)23)24-14-8-10(3)20-15(21-14)11-6-7-12(18)13(19)9-11;/h6-9H,4-5H2,1-3H3,(H,22,23);/q;+1/p-1. The maximum Gasteiger partial charge on any atom is 1.00 e. The van der Waals surface area contributed by atoms with Gasteiger partial charge in [0, 0.05) is 17.3 Å². The van der Waals surface area contributed by atoms with Crippen molar-refractivity contribution in [3.8, 4) is 17.3 Å². The van der Waals surface area contributed by atoms with Gasteiger partial charge >= 0.3 is 29.6 Å². The van der Waals surface area contributed by atoms with Crippen molar-refractivity contribution in [2.75, 3.05) is 0 Å². The van der Waals surface area contributed by atoms with Gasteiger partial charge in [0.25, 0.3) is 0 Å². The molecule has 2 rings (SSSR count). The molecular formula is C17H17ClFN2NaO3. The van der Waals surface area contributed by atoms with Gasteiger partial charge in [-0.15, -0.1) is 0 Å². The van der Waals surface area contributed by atoms with Crippen LogP contribution >= 0.6 is 11.6 Å². The van der Waals surface area contributed by atoms with E-state index in [1.807, 2.05) is 0 Å². The number of carbonyl (C=O) groups excluding carboxylic acids is 1. The summed E-state index contributed by atoms with van der Waals surface area (Å²) in [6, 6.07) is 5.73. The summed E-state index contributed by atoms with van der Waals surface area (Å²) in [4.78, 5) is 19.9. The Morgan fingerprint density at radius 1 is 1.28 bits per heavy atom. The Morgan fingerprint density at radius 2 is 1.92 bits per heavy atom. The molecule has 0 atom stereocenters. The molecule has 0 radical (unpaired) electrons. The number of nitrogens with zero attached hydrogens (tertiary/aromatic N) is 2. The van der Waals surface area contributed by atoms with Crippen LogP contribution in [0.25, 0.3) is 11.4 Å². The summed E-state index contributed by atoms with van der Waals surface area (Å²) in [5, 5.41) is 11.5. The van der Waals surface area contributed by atoms with Crippen molar-refractivity contribution in [2.45, 2.75) is 39.2 Å². The summed E-state index contributed by atoms with van der Waals surface area (Å²) in [5.41, 5.74) is -0.495. The average Bonchev–Trinajstić information content (AvgIpc) is 2.54. The number of aromatic nitrogens is 2. The third-order valence-corrected chi connectivity index (χ3v) is 4.13. The van der Waals surface area contributed by atoms with Gasteiger partial charge in [-0.25, -0.2) is 9.37 Å². The van der Waals surface area contributed by atoms with Crippen LogP contribution in [-0.2, 0) is 4.79 Å². The zero-order valence-electron chi connectivity index (χ0n) is 14.6. The quantitative estimate of drug-likeness (QED) is 0.662. The van der Waals surface area contributed by atoms with Crippen molar-refractivity contribution in [1.29, 1.82) is 0 Å². The summed E-state index contributed by atoms with van der Waals surface area (Å²) < 4.78 is 19.3. The van der Waals surface area contributed by atoms with E-state index in [2.05, 4.69) is 9.97 Å². The smallest absolute Gasteiger partial charge is 0.546 e. The third-order valence-electron chi connectivity index (χ3n) is 3.82. The molecule has 0 saturated heterocycles. The maximum atomic E-state index is 13.6. The number of hydrogen-bond donors (Lipinski definition) is 0. The Labute approximate surface area is 172 Å². The van der Waals surface area contributed by atoms with Gasteiger partial charge < -0.3 is 14.6 Å². The van der Waals surface area contributed by atoms with E-state index in [1.165, 1.54) is 18.2 Å². The normalized spacial score (nSPS) is 10.9. The number of ether oxygens (including phenoxy) is 1. The number of hydrogen-bond acceptors (Lipinski definition) is 5. The molecule has 0 spiro atoms. The number of carbonyl (C=O) groups is 1. The predicted octanol–water partition coefficient (Wildman–Crippen LogP) is -0.0640. The van der Waals surface area contributed by atoms with Gasteiger partial charge in [0.05, 0.1) is 11.0 Å². The van der Waals surface area contributed by atoms with E-state index in [9.17, 15) is 14.3 Å². The molecule has 25 heavy (non-hydrogen) atoms. The van der Waals surface area contributed by atoms with Gasteiger partial charge in [-0.05, 0) is 38.0 Å². The van der Waals surface area contributed by atoms with Crippen LogP contribution in [-0.4, -0.2) is 21.5 Å². The second-order valence-corrected chi connectivity index (χ2v) is 5.80. The molecular weight excluding hydrogens is 358 g/mol. The van der Waals surface area contributed by atoms with Gasteiger partial charge in [0.1, 0.15) is 11.4 Å². The maximum absolute atomic E-state index is 13.6. The molecule has 0 bridgehead atoms. The summed E-state index contributed by atoms with van der Waals surface area (Å²) in [6.45, 7) is 5.11. The first-order valence-electron chi connectivity index (χ1n) is 7.53. The van der Waals surface area contributed by atoms with E-state index < -0.39 is 17.4 Å². The van der Waals surface area contributed by atoms with Crippen molar-refractivity contribution in [1.82, 2.24) is 9.97 Å². The van der Waals surface area contributed by atoms with Crippen molar-refractivity contribution in [2.24, 2.45) is 0 Å². The van der Waals surface area contributed by atoms with Crippen LogP contribution in [0.1, 0.15) is 32.4 Å². The molecule has 1 aromatic carbocycles. The summed E-state index contributed by atoms with van der Waals surface area (Å²) in [6.07, 6.45) is 0.444. The average molecular weight is 375 g/mol. The largest absolute Gasteiger partial charge is 1.00 e. The van der Waals surface area contributed by atoms with E-state index in [1.54, 1.807) is 26.8 Å². The van der Waals surface area contributed by atoms with Crippen molar-refractivity contribution < 1.29 is 48.6 Å². The fourth-order valence-corrected chi connectivity index (χ4v) is 2.40. The Hall–Kier alpha value is -1.21. The molecule has 0 aliphatic carbocycles. The van der Waals surface area contributed by atoms with E-state index >= 15 is 0 Å². The van der Waals surface area contributed by atoms with E-state index in [0.717, 1.165) is 0 Å². The number of benzene rings is 1. The molecule has 5 nitrogen and oxygen atoms in total. The topological polar surface area (TPSA) is 75.1 Å². The molecule has 0 fully saturated rings. The minimum Gasteiger partial charge on any atom is -0.546 e. The zero-order valence-corrected chi connectivity index (χ0v) is 17.4. The van der Waals surface area contributed by atoms with Crippen LogP contribution in [0, 0.1) is 12.7 Å². The second kappa shape index (κ2) is 8.94. The molecule has 128 valence electrons. The molecule has 0 unspecified atom stereocenters. The number of halogens is 2. The number of carboxylic acid groups (broad SMARTS) is 1. The van der Waals surface area contributed by atoms with Crippen LogP contribution in [0.3, 0.4) is 0 Å². The second-order valence-electron chi connectivity index (χ2n) is 5.39. The Balaban J connectivity index is 0.00000312. The molecule has 1 heterocycles. The summed E-state index contributed by atoms with van der Waals surface area (Å²) in [5.74, 6) is -1.57. The van der Waals surface area contributed by atoms with Crippen LogP contribution < -0.4 is 39.4 Å². The Kier molecular flexibility index (Phi) is 7.81. The summed E-state index contributed by atoms with van der Waals surface area (Å²) in [7, 11) is 0. The van der Waals surface area contributed by atoms with Crippen LogP contribution in [0.4, 0.5) is 4.39 Å². The first kappa shape index (κ1) is 21.8. The van der Waals surface area contributed by atoms with Gasteiger partial charge in [-0.2, -0.15) is 4.98 Å². The minimum atomic E-state index is -1.47. The zero-order chi connectivity index (χ0) is 17.9. The van der Waals surface area contributed by atoms with Crippen molar-refractivity contribution in [3.63, 3.8) is 0 Å². The molecule has 2 aromatic rings. The fourth-order valence-electron chi connectivity index (χ4n) is 2.28. The van der Waals surface area contributed by atoms with Crippen LogP contribution in [0.15, 0.2) is 24.3 Å². The third kappa shape index (κ3) is 4.91. The number of rotatable bonds is 6. The minimum absolute atomic E-state index is 0. The molecule has 0 saturated carbocycles. The number of aliphatic carboxylic acids is 1. The first-order valence-corrected chi connectivity index (χ1v) is 7.90. The van der Waals surface area contributed by atoms with Gasteiger partial charge in [-0.3, -0.25) is 0 Å². The van der Waals surface area contributed by atoms with E-state index in [4.69, 9.17) is 16.3 Å². The fraction of sp³-hybridized carbons (Fsp3) is 0.353. The molecule has 0 aliphatic heterocycles. The van der Waals surface area contributed by atoms with E-state index in [0.29, 0.717) is 11.3 Å². The predicted molar refractivity (Wildman–Crippen MR) is 86.1 cm³/mol. The van der Waals surface area contributed by atoms with Crippen molar-refractivity contribution in [3.05, 3.63) is 40.8 Å². The van der Waals surface area contributed by atoms with Gasteiger partial charge in [0.15, 0.2) is 5.82 Å². The van der Waals surface area contributed by atoms with Gasteiger partial charge in [0.2, 0.25) is 5.88 Å². The molecule has 0 amide bonds. The molecule has 0 aliphatic rings. The Bertz CT molecular complexity index is 770. The Morgan fingerprint density at radius 3 is 2.44 bits per heavy atom. The van der Waals surface area contributed by atoms with Crippen LogP contribution in [0.2, 0.25) is 5.02 Å². The van der Waals surface area contributed by atoms with Crippen molar-refractivity contribution >= 4 is 17.6 Å². The number of carboxylic acids is 1. The molecule has 0 N–H and O–H groups in total. The summed E-state index contributed by atoms with van der Waals surface area (Å²) >= 11 is 5.68. The molecule has 8 heteroatoms. The SMILES string of the molecule is CCC(CC)(Oc1cc(C)nc(-c2ccc(Cl)c(F)c2)n1)C(=O)[O-].[Na+]. The molecule has 1 aromatic heterocycles. The van der Waals surface area contributed by atoms with Crippen LogP contribution in [0.5, 0.6) is 5.88 Å².